The first-order chi connectivity index (χ1) is 7.58. The van der Waals surface area contributed by atoms with Crippen LogP contribution in [-0.2, 0) is 0 Å². The minimum atomic E-state index is -0.157. The molecule has 2 N–H and O–H groups in total. The molecule has 1 rings (SSSR count). The van der Waals surface area contributed by atoms with Gasteiger partial charge in [-0.05, 0) is 37.1 Å². The van der Waals surface area contributed by atoms with Crippen molar-refractivity contribution in [1.29, 1.82) is 0 Å². The van der Waals surface area contributed by atoms with Crippen LogP contribution in [0, 0.1) is 6.92 Å². The highest BCUT2D eigenvalue weighted by Crippen LogP contribution is 2.16. The van der Waals surface area contributed by atoms with Crippen LogP contribution in [-0.4, -0.2) is 22.9 Å². The molecule has 3 nitrogen and oxygen atoms in total. The second-order valence-electron chi connectivity index (χ2n) is 3.73. The summed E-state index contributed by atoms with van der Waals surface area (Å²) in [5.41, 5.74) is 1.23. The molecule has 1 atom stereocenters. The van der Waals surface area contributed by atoms with Crippen LogP contribution in [0.15, 0.2) is 18.2 Å². The van der Waals surface area contributed by atoms with Crippen molar-refractivity contribution >= 4 is 17.5 Å². The van der Waals surface area contributed by atoms with Crippen LogP contribution in [0.5, 0.6) is 5.75 Å². The van der Waals surface area contributed by atoms with Crippen molar-refractivity contribution in [3.63, 3.8) is 0 Å². The predicted octanol–water partition coefficient (Wildman–Crippen LogP) is 2.45. The molecule has 1 aromatic rings. The second kappa shape index (κ2) is 5.75. The van der Waals surface area contributed by atoms with E-state index < -0.39 is 0 Å². The van der Waals surface area contributed by atoms with Crippen molar-refractivity contribution in [3.05, 3.63) is 29.3 Å². The molecule has 0 aliphatic carbocycles. The number of amides is 1. The first-order valence-electron chi connectivity index (χ1n) is 5.25. The number of carbonyl (C=O) groups excluding carboxylic acids is 1. The molecule has 0 bridgehead atoms. The Morgan fingerprint density at radius 3 is 2.75 bits per heavy atom. The van der Waals surface area contributed by atoms with Crippen LogP contribution in [0.25, 0.3) is 0 Å². The van der Waals surface area contributed by atoms with Crippen molar-refractivity contribution < 1.29 is 9.90 Å². The molecule has 1 amide bonds. The van der Waals surface area contributed by atoms with Gasteiger partial charge in [0.15, 0.2) is 0 Å². The summed E-state index contributed by atoms with van der Waals surface area (Å²) in [4.78, 5) is 11.8. The number of halogens is 1. The van der Waals surface area contributed by atoms with Gasteiger partial charge in [-0.2, -0.15) is 0 Å². The average Bonchev–Trinajstić information content (AvgIpc) is 2.29. The summed E-state index contributed by atoms with van der Waals surface area (Å²) in [6.07, 6.45) is 0.798. The molecule has 0 aliphatic heterocycles. The summed E-state index contributed by atoms with van der Waals surface area (Å²) in [7, 11) is 0. The Balaban J connectivity index is 2.76. The van der Waals surface area contributed by atoms with Crippen LogP contribution in [0.4, 0.5) is 0 Å². The van der Waals surface area contributed by atoms with Crippen LogP contribution >= 0.6 is 11.6 Å². The highest BCUT2D eigenvalue weighted by Gasteiger charge is 2.11. The molecule has 0 saturated carbocycles. The highest BCUT2D eigenvalue weighted by atomic mass is 35.5. The van der Waals surface area contributed by atoms with Gasteiger partial charge in [0.1, 0.15) is 5.75 Å². The van der Waals surface area contributed by atoms with E-state index >= 15 is 0 Å². The van der Waals surface area contributed by atoms with Gasteiger partial charge in [-0.25, -0.2) is 0 Å². The Morgan fingerprint density at radius 1 is 1.56 bits per heavy atom. The molecule has 0 fully saturated rings. The lowest BCUT2D eigenvalue weighted by molar-refractivity contribution is 0.0939. The number of rotatable bonds is 4. The van der Waals surface area contributed by atoms with E-state index in [1.165, 1.54) is 6.07 Å². The molecule has 4 heteroatoms. The zero-order chi connectivity index (χ0) is 12.1. The topological polar surface area (TPSA) is 49.3 Å². The Morgan fingerprint density at radius 2 is 2.25 bits per heavy atom. The zero-order valence-corrected chi connectivity index (χ0v) is 10.2. The molecule has 1 aromatic carbocycles. The number of hydrogen-bond acceptors (Lipinski definition) is 2. The number of nitrogens with one attached hydrogen (secondary N) is 1. The summed E-state index contributed by atoms with van der Waals surface area (Å²) >= 11 is 5.70. The van der Waals surface area contributed by atoms with Crippen molar-refractivity contribution in [1.82, 2.24) is 5.32 Å². The van der Waals surface area contributed by atoms with Crippen LogP contribution in [0.3, 0.4) is 0 Å². The molecule has 0 spiro atoms. The maximum atomic E-state index is 11.8. The van der Waals surface area contributed by atoms with E-state index in [4.69, 9.17) is 11.6 Å². The predicted molar refractivity (Wildman–Crippen MR) is 65.1 cm³/mol. The zero-order valence-electron chi connectivity index (χ0n) is 9.46. The summed E-state index contributed by atoms with van der Waals surface area (Å²) in [6, 6.07) is 4.76. The Kier molecular flexibility index (Phi) is 4.62. The minimum Gasteiger partial charge on any atom is -0.508 e. The Hall–Kier alpha value is -1.22. The van der Waals surface area contributed by atoms with Gasteiger partial charge in [-0.3, -0.25) is 4.79 Å². The molecule has 88 valence electrons. The molecular weight excluding hydrogens is 226 g/mol. The maximum Gasteiger partial charge on any atom is 0.251 e. The fourth-order valence-corrected chi connectivity index (χ4v) is 1.61. The van der Waals surface area contributed by atoms with Gasteiger partial charge in [0, 0.05) is 17.5 Å². The van der Waals surface area contributed by atoms with Crippen molar-refractivity contribution in [2.75, 3.05) is 5.88 Å². The number of hydrogen-bond donors (Lipinski definition) is 2. The van der Waals surface area contributed by atoms with E-state index in [2.05, 4.69) is 5.32 Å². The number of phenolic OH excluding ortho intramolecular Hbond substituents is 1. The Bertz CT molecular complexity index is 375. The van der Waals surface area contributed by atoms with Crippen LogP contribution in [0.2, 0.25) is 0 Å². The van der Waals surface area contributed by atoms with E-state index in [-0.39, 0.29) is 17.7 Å². The number of benzene rings is 1. The lowest BCUT2D eigenvalue weighted by Crippen LogP contribution is -2.35. The van der Waals surface area contributed by atoms with Crippen LogP contribution in [0.1, 0.15) is 29.3 Å². The largest absolute Gasteiger partial charge is 0.508 e. The third-order valence-electron chi connectivity index (χ3n) is 2.47. The van der Waals surface area contributed by atoms with Crippen molar-refractivity contribution in [3.8, 4) is 5.75 Å². The SMILES string of the molecule is CCC(CCl)NC(=O)c1ccc(O)c(C)c1. The first kappa shape index (κ1) is 12.8. The number of carbonyl (C=O) groups is 1. The second-order valence-corrected chi connectivity index (χ2v) is 4.04. The van der Waals surface area contributed by atoms with Gasteiger partial charge in [-0.1, -0.05) is 6.92 Å². The highest BCUT2D eigenvalue weighted by molar-refractivity contribution is 6.18. The molecule has 16 heavy (non-hydrogen) atoms. The van der Waals surface area contributed by atoms with E-state index in [9.17, 15) is 9.90 Å². The quantitative estimate of drug-likeness (QED) is 0.796. The average molecular weight is 242 g/mol. The van der Waals surface area contributed by atoms with Crippen LogP contribution < -0.4 is 5.32 Å². The number of phenols is 1. The summed E-state index contributed by atoms with van der Waals surface area (Å²) in [6.45, 7) is 3.72. The summed E-state index contributed by atoms with van der Waals surface area (Å²) in [5.74, 6) is 0.441. The fourth-order valence-electron chi connectivity index (χ4n) is 1.32. The number of alkyl halides is 1. The van der Waals surface area contributed by atoms with E-state index in [0.29, 0.717) is 17.0 Å². The fraction of sp³-hybridized carbons (Fsp3) is 0.417. The lowest BCUT2D eigenvalue weighted by Gasteiger charge is -2.14. The smallest absolute Gasteiger partial charge is 0.251 e. The molecule has 0 saturated heterocycles. The molecule has 0 aromatic heterocycles. The van der Waals surface area contributed by atoms with Gasteiger partial charge in [0.2, 0.25) is 0 Å². The molecule has 0 aliphatic rings. The molecule has 0 radical (unpaired) electrons. The third kappa shape index (κ3) is 3.14. The van der Waals surface area contributed by atoms with Gasteiger partial charge in [0.25, 0.3) is 5.91 Å². The Labute approximate surface area is 100 Å². The van der Waals surface area contributed by atoms with E-state index in [1.807, 2.05) is 6.92 Å². The molecular formula is C12H16ClNO2. The number of aromatic hydroxyl groups is 1. The monoisotopic (exact) mass is 241 g/mol. The van der Waals surface area contributed by atoms with Crippen molar-refractivity contribution in [2.45, 2.75) is 26.3 Å². The van der Waals surface area contributed by atoms with Crippen molar-refractivity contribution in [2.24, 2.45) is 0 Å². The maximum absolute atomic E-state index is 11.8. The van der Waals surface area contributed by atoms with E-state index in [0.717, 1.165) is 6.42 Å². The first-order valence-corrected chi connectivity index (χ1v) is 5.78. The normalized spacial score (nSPS) is 12.2. The van der Waals surface area contributed by atoms with Gasteiger partial charge >= 0.3 is 0 Å². The van der Waals surface area contributed by atoms with Gasteiger partial charge in [0.05, 0.1) is 0 Å². The van der Waals surface area contributed by atoms with Gasteiger partial charge < -0.3 is 10.4 Å². The minimum absolute atomic E-state index is 0.0109. The molecule has 0 heterocycles. The number of aryl methyl sites for hydroxylation is 1. The third-order valence-corrected chi connectivity index (χ3v) is 2.85. The summed E-state index contributed by atoms with van der Waals surface area (Å²) in [5, 5.41) is 12.2. The summed E-state index contributed by atoms with van der Waals surface area (Å²) < 4.78 is 0. The van der Waals surface area contributed by atoms with Gasteiger partial charge in [-0.15, -0.1) is 11.6 Å². The standard InChI is InChI=1S/C12H16ClNO2/c1-3-10(7-13)14-12(16)9-4-5-11(15)8(2)6-9/h4-6,10,15H,3,7H2,1-2H3,(H,14,16). The lowest BCUT2D eigenvalue weighted by atomic mass is 10.1. The molecule has 1 unspecified atom stereocenters. The van der Waals surface area contributed by atoms with E-state index in [1.54, 1.807) is 19.1 Å².